The van der Waals surface area contributed by atoms with Gasteiger partial charge in [0.05, 0.1) is 0 Å². The van der Waals surface area contributed by atoms with E-state index in [9.17, 15) is 0 Å². The van der Waals surface area contributed by atoms with E-state index in [-0.39, 0.29) is 5.54 Å². The predicted molar refractivity (Wildman–Crippen MR) is 54.6 cm³/mol. The quantitative estimate of drug-likeness (QED) is 0.775. The Kier molecular flexibility index (Phi) is 3.15. The van der Waals surface area contributed by atoms with Crippen molar-refractivity contribution in [3.8, 4) is 0 Å². The lowest BCUT2D eigenvalue weighted by atomic mass is 9.98. The molecule has 0 aromatic carbocycles. The van der Waals surface area contributed by atoms with Gasteiger partial charge in [-0.05, 0) is 45.7 Å². The molecular formula is C11H19NO. The molecule has 1 aromatic rings. The van der Waals surface area contributed by atoms with Crippen LogP contribution >= 0.6 is 0 Å². The Bertz CT molecular complexity index is 257. The fraction of sp³-hybridized carbons (Fsp3) is 0.636. The fourth-order valence-corrected chi connectivity index (χ4v) is 1.34. The Hall–Kier alpha value is -0.760. The molecule has 1 heterocycles. The van der Waals surface area contributed by atoms with Crippen molar-refractivity contribution in [2.75, 3.05) is 0 Å². The summed E-state index contributed by atoms with van der Waals surface area (Å²) in [5, 5.41) is 0. The normalized spacial score (nSPS) is 12.0. The van der Waals surface area contributed by atoms with Gasteiger partial charge in [-0.15, -0.1) is 0 Å². The fourth-order valence-electron chi connectivity index (χ4n) is 1.34. The van der Waals surface area contributed by atoms with Gasteiger partial charge in [-0.1, -0.05) is 0 Å². The van der Waals surface area contributed by atoms with Crippen LogP contribution in [0.4, 0.5) is 0 Å². The molecule has 2 N–H and O–H groups in total. The molecule has 1 rings (SSSR count). The van der Waals surface area contributed by atoms with Crippen molar-refractivity contribution in [1.29, 1.82) is 0 Å². The topological polar surface area (TPSA) is 39.2 Å². The van der Waals surface area contributed by atoms with E-state index in [1.807, 2.05) is 19.1 Å². The van der Waals surface area contributed by atoms with Crippen molar-refractivity contribution in [2.45, 2.75) is 45.6 Å². The minimum Gasteiger partial charge on any atom is -0.466 e. The van der Waals surface area contributed by atoms with Crippen molar-refractivity contribution in [3.63, 3.8) is 0 Å². The van der Waals surface area contributed by atoms with Crippen molar-refractivity contribution < 1.29 is 4.42 Å². The second kappa shape index (κ2) is 3.97. The first kappa shape index (κ1) is 10.3. The highest BCUT2D eigenvalue weighted by Gasteiger charge is 2.10. The van der Waals surface area contributed by atoms with Gasteiger partial charge in [0.1, 0.15) is 11.5 Å². The van der Waals surface area contributed by atoms with Crippen LogP contribution in [0.25, 0.3) is 0 Å². The molecule has 74 valence electrons. The maximum absolute atomic E-state index is 5.87. The van der Waals surface area contributed by atoms with E-state index in [1.54, 1.807) is 0 Å². The van der Waals surface area contributed by atoms with E-state index in [4.69, 9.17) is 10.2 Å². The maximum atomic E-state index is 5.87. The molecule has 0 bridgehead atoms. The summed E-state index contributed by atoms with van der Waals surface area (Å²) in [6, 6.07) is 4.04. The molecule has 0 atom stereocenters. The van der Waals surface area contributed by atoms with E-state index in [1.165, 1.54) is 0 Å². The predicted octanol–water partition coefficient (Wildman–Crippen LogP) is 2.65. The van der Waals surface area contributed by atoms with Gasteiger partial charge < -0.3 is 10.2 Å². The summed E-state index contributed by atoms with van der Waals surface area (Å²) < 4.78 is 5.46. The SMILES string of the molecule is Cc1ccc(CCCC(C)(C)N)o1. The van der Waals surface area contributed by atoms with E-state index >= 15 is 0 Å². The number of furan rings is 1. The molecular weight excluding hydrogens is 162 g/mol. The molecule has 0 amide bonds. The second-order valence-corrected chi connectivity index (χ2v) is 4.35. The summed E-state index contributed by atoms with van der Waals surface area (Å²) in [6.45, 7) is 6.08. The average Bonchev–Trinajstić information content (AvgIpc) is 2.33. The van der Waals surface area contributed by atoms with Crippen molar-refractivity contribution in [2.24, 2.45) is 5.73 Å². The lowest BCUT2D eigenvalue weighted by molar-refractivity contribution is 0.429. The monoisotopic (exact) mass is 181 g/mol. The first-order chi connectivity index (χ1) is 5.97. The lowest BCUT2D eigenvalue weighted by Gasteiger charge is -2.17. The highest BCUT2D eigenvalue weighted by atomic mass is 16.3. The van der Waals surface area contributed by atoms with Crippen LogP contribution in [0, 0.1) is 6.92 Å². The van der Waals surface area contributed by atoms with Gasteiger partial charge >= 0.3 is 0 Å². The number of nitrogens with two attached hydrogens (primary N) is 1. The van der Waals surface area contributed by atoms with Gasteiger partial charge in [-0.3, -0.25) is 0 Å². The van der Waals surface area contributed by atoms with Gasteiger partial charge in [0.15, 0.2) is 0 Å². The van der Waals surface area contributed by atoms with Crippen LogP contribution in [0.2, 0.25) is 0 Å². The molecule has 2 nitrogen and oxygen atoms in total. The van der Waals surface area contributed by atoms with Crippen LogP contribution < -0.4 is 5.73 Å². The van der Waals surface area contributed by atoms with E-state index in [0.29, 0.717) is 0 Å². The minimum absolute atomic E-state index is 0.0539. The summed E-state index contributed by atoms with van der Waals surface area (Å²) >= 11 is 0. The zero-order valence-electron chi connectivity index (χ0n) is 8.76. The summed E-state index contributed by atoms with van der Waals surface area (Å²) in [5.74, 6) is 2.06. The van der Waals surface area contributed by atoms with E-state index in [0.717, 1.165) is 30.8 Å². The molecule has 0 aliphatic rings. The third-order valence-corrected chi connectivity index (χ3v) is 2.04. The molecule has 0 spiro atoms. The van der Waals surface area contributed by atoms with Crippen LogP contribution in [0.1, 0.15) is 38.2 Å². The van der Waals surface area contributed by atoms with E-state index in [2.05, 4.69) is 13.8 Å². The number of hydrogen-bond acceptors (Lipinski definition) is 2. The first-order valence-electron chi connectivity index (χ1n) is 4.81. The van der Waals surface area contributed by atoms with Gasteiger partial charge in [0.2, 0.25) is 0 Å². The van der Waals surface area contributed by atoms with Crippen LogP contribution in [0.15, 0.2) is 16.5 Å². The smallest absolute Gasteiger partial charge is 0.104 e. The lowest BCUT2D eigenvalue weighted by Crippen LogP contribution is -2.31. The number of aryl methyl sites for hydroxylation is 2. The van der Waals surface area contributed by atoms with Crippen molar-refractivity contribution in [3.05, 3.63) is 23.7 Å². The van der Waals surface area contributed by atoms with Crippen LogP contribution in [-0.4, -0.2) is 5.54 Å². The summed E-state index contributed by atoms with van der Waals surface area (Å²) in [4.78, 5) is 0. The van der Waals surface area contributed by atoms with Crippen molar-refractivity contribution >= 4 is 0 Å². The minimum atomic E-state index is -0.0539. The summed E-state index contributed by atoms with van der Waals surface area (Å²) in [6.07, 6.45) is 3.12. The Balaban J connectivity index is 2.28. The maximum Gasteiger partial charge on any atom is 0.104 e. The van der Waals surface area contributed by atoms with Gasteiger partial charge in [-0.2, -0.15) is 0 Å². The van der Waals surface area contributed by atoms with Gasteiger partial charge in [-0.25, -0.2) is 0 Å². The molecule has 0 radical (unpaired) electrons. The summed E-state index contributed by atoms with van der Waals surface area (Å²) in [5.41, 5.74) is 5.82. The molecule has 0 saturated heterocycles. The molecule has 0 aliphatic carbocycles. The van der Waals surface area contributed by atoms with E-state index < -0.39 is 0 Å². The van der Waals surface area contributed by atoms with Crippen LogP contribution in [0.3, 0.4) is 0 Å². The second-order valence-electron chi connectivity index (χ2n) is 4.35. The molecule has 0 aliphatic heterocycles. The number of rotatable bonds is 4. The van der Waals surface area contributed by atoms with Crippen LogP contribution in [0.5, 0.6) is 0 Å². The highest BCUT2D eigenvalue weighted by Crippen LogP contribution is 2.13. The standard InChI is InChI=1S/C11H19NO/c1-9-6-7-10(13-9)5-4-8-11(2,3)12/h6-7H,4-5,8,12H2,1-3H3. The summed E-state index contributed by atoms with van der Waals surface area (Å²) in [7, 11) is 0. The Labute approximate surface area is 80.1 Å². The Morgan fingerprint density at radius 1 is 1.38 bits per heavy atom. The largest absolute Gasteiger partial charge is 0.466 e. The Morgan fingerprint density at radius 2 is 2.08 bits per heavy atom. The number of hydrogen-bond donors (Lipinski definition) is 1. The van der Waals surface area contributed by atoms with Crippen molar-refractivity contribution in [1.82, 2.24) is 0 Å². The first-order valence-corrected chi connectivity index (χ1v) is 4.81. The van der Waals surface area contributed by atoms with Crippen LogP contribution in [-0.2, 0) is 6.42 Å². The molecule has 0 unspecified atom stereocenters. The zero-order chi connectivity index (χ0) is 9.90. The highest BCUT2D eigenvalue weighted by molar-refractivity contribution is 5.05. The third-order valence-electron chi connectivity index (χ3n) is 2.04. The third kappa shape index (κ3) is 4.13. The molecule has 0 saturated carbocycles. The Morgan fingerprint density at radius 3 is 2.54 bits per heavy atom. The van der Waals surface area contributed by atoms with Gasteiger partial charge in [0.25, 0.3) is 0 Å². The molecule has 0 fully saturated rings. The molecule has 2 heteroatoms. The molecule has 1 aromatic heterocycles. The zero-order valence-corrected chi connectivity index (χ0v) is 8.76. The molecule has 13 heavy (non-hydrogen) atoms. The van der Waals surface area contributed by atoms with Gasteiger partial charge in [0, 0.05) is 12.0 Å². The average molecular weight is 181 g/mol.